The molecule has 1 fully saturated rings. The maximum atomic E-state index is 13.4. The molecule has 2 aromatic heterocycles. The summed E-state index contributed by atoms with van der Waals surface area (Å²) in [4.78, 5) is 44.7. The van der Waals surface area contributed by atoms with Crippen molar-refractivity contribution < 1.29 is 18.8 Å². The summed E-state index contributed by atoms with van der Waals surface area (Å²) in [5.41, 5.74) is 2.13. The van der Waals surface area contributed by atoms with Gasteiger partial charge in [-0.15, -0.1) is 0 Å². The van der Waals surface area contributed by atoms with Crippen LogP contribution in [0.3, 0.4) is 0 Å². The number of halogens is 3. The molecule has 0 unspecified atom stereocenters. The molecule has 3 heterocycles. The number of pyridine rings is 2. The van der Waals surface area contributed by atoms with Crippen molar-refractivity contribution in [3.8, 4) is 11.3 Å². The highest BCUT2D eigenvalue weighted by atomic mass is 35.5. The summed E-state index contributed by atoms with van der Waals surface area (Å²) < 4.78 is 13.4. The van der Waals surface area contributed by atoms with Crippen LogP contribution in [-0.4, -0.2) is 70.7 Å². The molecule has 32 heavy (non-hydrogen) atoms. The first-order valence-corrected chi connectivity index (χ1v) is 10.4. The highest BCUT2D eigenvalue weighted by Crippen LogP contribution is 2.20. The lowest BCUT2D eigenvalue weighted by atomic mass is 10.1. The summed E-state index contributed by atoms with van der Waals surface area (Å²) in [7, 11) is 1.45. The Hall–Kier alpha value is -3.04. The zero-order valence-corrected chi connectivity index (χ0v) is 19.0. The topological polar surface area (TPSA) is 95.5 Å². The molecule has 0 spiro atoms. The van der Waals surface area contributed by atoms with E-state index in [9.17, 15) is 18.8 Å². The Balaban J connectivity index is 0.000000235. The maximum Gasteiger partial charge on any atom is 0.269 e. The molecule has 1 aliphatic rings. The molecule has 1 aliphatic heterocycles. The fraction of sp³-hybridized carbons (Fsp3) is 0.286. The number of amides is 3. The van der Waals surface area contributed by atoms with Gasteiger partial charge in [0.2, 0.25) is 17.8 Å². The Morgan fingerprint density at radius 3 is 2.31 bits per heavy atom. The number of rotatable bonds is 3. The highest BCUT2D eigenvalue weighted by molar-refractivity contribution is 6.29. The lowest BCUT2D eigenvalue weighted by Gasteiger charge is -2.33. The van der Waals surface area contributed by atoms with Crippen molar-refractivity contribution in [2.24, 2.45) is 0 Å². The van der Waals surface area contributed by atoms with Crippen molar-refractivity contribution in [2.45, 2.75) is 6.92 Å². The van der Waals surface area contributed by atoms with Crippen LogP contribution in [0.25, 0.3) is 11.3 Å². The summed E-state index contributed by atoms with van der Waals surface area (Å²) in [6.07, 6.45) is 1.32. The van der Waals surface area contributed by atoms with Gasteiger partial charge in [-0.05, 0) is 18.2 Å². The molecule has 0 radical (unpaired) electrons. The molecule has 0 aliphatic carbocycles. The van der Waals surface area contributed by atoms with Crippen molar-refractivity contribution in [1.82, 2.24) is 25.1 Å². The van der Waals surface area contributed by atoms with E-state index in [1.54, 1.807) is 28.0 Å². The van der Waals surface area contributed by atoms with Crippen LogP contribution in [-0.2, 0) is 9.59 Å². The number of piperazine rings is 1. The Labute approximate surface area is 195 Å². The Kier molecular flexibility index (Phi) is 9.55. The standard InChI is InChI=1S/C12H9ClFN3O.C9H13ClN2O2/c1-15-12(18)9-5-7(6-11(14)17-9)8-3-2-4-10(13)16-8;1-8(13)11-4-6-12(7-5-11)9(14)2-3-10/h2-6H,1H3,(H,15,18);2-3H,4-7H2,1H3/b;3-2-. The van der Waals surface area contributed by atoms with Gasteiger partial charge < -0.3 is 15.1 Å². The Bertz CT molecular complexity index is 1010. The third kappa shape index (κ3) is 7.28. The van der Waals surface area contributed by atoms with Crippen LogP contribution in [0.15, 0.2) is 41.9 Å². The van der Waals surface area contributed by atoms with Crippen molar-refractivity contribution >= 4 is 40.9 Å². The monoisotopic (exact) mass is 481 g/mol. The van der Waals surface area contributed by atoms with E-state index in [0.29, 0.717) is 42.6 Å². The lowest BCUT2D eigenvalue weighted by Crippen LogP contribution is -2.49. The van der Waals surface area contributed by atoms with Gasteiger partial charge in [-0.25, -0.2) is 9.97 Å². The number of nitrogens with one attached hydrogen (secondary N) is 1. The first-order valence-electron chi connectivity index (χ1n) is 9.59. The van der Waals surface area contributed by atoms with Gasteiger partial charge in [-0.3, -0.25) is 14.4 Å². The highest BCUT2D eigenvalue weighted by Gasteiger charge is 2.20. The molecule has 170 valence electrons. The number of hydrogen-bond acceptors (Lipinski definition) is 5. The lowest BCUT2D eigenvalue weighted by molar-refractivity contribution is -0.135. The smallest absolute Gasteiger partial charge is 0.269 e. The van der Waals surface area contributed by atoms with E-state index < -0.39 is 11.9 Å². The first kappa shape index (κ1) is 25.2. The summed E-state index contributed by atoms with van der Waals surface area (Å²) in [5.74, 6) is -1.24. The molecule has 3 rings (SSSR count). The zero-order chi connectivity index (χ0) is 23.7. The van der Waals surface area contributed by atoms with Crippen LogP contribution in [0.2, 0.25) is 5.15 Å². The van der Waals surface area contributed by atoms with E-state index in [1.165, 1.54) is 37.7 Å². The molecule has 3 amide bonds. The minimum absolute atomic E-state index is 0.00530. The number of carbonyl (C=O) groups is 3. The SMILES string of the molecule is CC(=O)N1CCN(C(=O)/C=C\Cl)CC1.CNC(=O)c1cc(-c2cccc(Cl)n2)cc(F)n1. The number of aromatic nitrogens is 2. The molecule has 2 aromatic rings. The van der Waals surface area contributed by atoms with Gasteiger partial charge in [-0.1, -0.05) is 29.3 Å². The second-order valence-corrected chi connectivity index (χ2v) is 7.25. The van der Waals surface area contributed by atoms with Crippen LogP contribution in [0.5, 0.6) is 0 Å². The van der Waals surface area contributed by atoms with Gasteiger partial charge in [-0.2, -0.15) is 4.39 Å². The van der Waals surface area contributed by atoms with Crippen molar-refractivity contribution in [3.05, 3.63) is 58.7 Å². The van der Waals surface area contributed by atoms with Crippen LogP contribution < -0.4 is 5.32 Å². The van der Waals surface area contributed by atoms with Gasteiger partial charge in [0.1, 0.15) is 10.8 Å². The summed E-state index contributed by atoms with van der Waals surface area (Å²) in [6, 6.07) is 7.64. The van der Waals surface area contributed by atoms with E-state index in [4.69, 9.17) is 23.2 Å². The van der Waals surface area contributed by atoms with E-state index in [1.807, 2.05) is 0 Å². The van der Waals surface area contributed by atoms with E-state index in [-0.39, 0.29) is 17.5 Å². The minimum Gasteiger partial charge on any atom is -0.354 e. The van der Waals surface area contributed by atoms with Crippen molar-refractivity contribution in [1.29, 1.82) is 0 Å². The molecule has 11 heteroatoms. The molecular weight excluding hydrogens is 460 g/mol. The fourth-order valence-corrected chi connectivity index (χ4v) is 3.13. The van der Waals surface area contributed by atoms with Gasteiger partial charge in [0.25, 0.3) is 5.91 Å². The normalized spacial score (nSPS) is 13.4. The predicted molar refractivity (Wildman–Crippen MR) is 120 cm³/mol. The summed E-state index contributed by atoms with van der Waals surface area (Å²) in [5, 5.41) is 2.68. The average Bonchev–Trinajstić information content (AvgIpc) is 2.78. The molecule has 0 atom stereocenters. The number of hydrogen-bond donors (Lipinski definition) is 1. The fourth-order valence-electron chi connectivity index (χ4n) is 2.86. The number of nitrogens with zero attached hydrogens (tertiary/aromatic N) is 4. The van der Waals surface area contributed by atoms with Crippen molar-refractivity contribution in [2.75, 3.05) is 33.2 Å². The van der Waals surface area contributed by atoms with Crippen molar-refractivity contribution in [3.63, 3.8) is 0 Å². The molecular formula is C21H22Cl2FN5O3. The molecule has 1 N–H and O–H groups in total. The third-order valence-electron chi connectivity index (χ3n) is 4.51. The summed E-state index contributed by atoms with van der Waals surface area (Å²) >= 11 is 11.1. The van der Waals surface area contributed by atoms with E-state index >= 15 is 0 Å². The number of carbonyl (C=O) groups excluding carboxylic acids is 3. The van der Waals surface area contributed by atoms with Crippen LogP contribution in [0, 0.1) is 5.95 Å². The van der Waals surface area contributed by atoms with Crippen LogP contribution in [0.4, 0.5) is 4.39 Å². The van der Waals surface area contributed by atoms with Crippen LogP contribution in [0.1, 0.15) is 17.4 Å². The second kappa shape index (κ2) is 12.1. The minimum atomic E-state index is -0.743. The second-order valence-electron chi connectivity index (χ2n) is 6.61. The van der Waals surface area contributed by atoms with Gasteiger partial charge in [0.15, 0.2) is 0 Å². The third-order valence-corrected chi connectivity index (χ3v) is 4.84. The summed E-state index contributed by atoms with van der Waals surface area (Å²) in [6.45, 7) is 3.92. The first-order chi connectivity index (χ1) is 15.2. The average molecular weight is 482 g/mol. The molecule has 0 bridgehead atoms. The van der Waals surface area contributed by atoms with Gasteiger partial charge in [0, 0.05) is 63.4 Å². The van der Waals surface area contributed by atoms with Gasteiger partial charge >= 0.3 is 0 Å². The van der Waals surface area contributed by atoms with Gasteiger partial charge in [0.05, 0.1) is 5.69 Å². The zero-order valence-electron chi connectivity index (χ0n) is 17.5. The Morgan fingerprint density at radius 2 is 1.75 bits per heavy atom. The van der Waals surface area contributed by atoms with E-state index in [0.717, 1.165) is 0 Å². The maximum absolute atomic E-state index is 13.4. The predicted octanol–water partition coefficient (Wildman–Crippen LogP) is 2.73. The molecule has 8 nitrogen and oxygen atoms in total. The van der Waals surface area contributed by atoms with Crippen LogP contribution >= 0.6 is 23.2 Å². The quantitative estimate of drug-likeness (QED) is 0.536. The Morgan fingerprint density at radius 1 is 1.09 bits per heavy atom. The molecule has 0 saturated carbocycles. The molecule has 0 aromatic carbocycles. The molecule has 1 saturated heterocycles. The largest absolute Gasteiger partial charge is 0.354 e. The van der Waals surface area contributed by atoms with E-state index in [2.05, 4.69) is 15.3 Å².